The lowest BCUT2D eigenvalue weighted by atomic mass is 10.1. The van der Waals surface area contributed by atoms with Crippen LogP contribution in [0.3, 0.4) is 0 Å². The lowest BCUT2D eigenvalue weighted by Gasteiger charge is -2.12. The minimum atomic E-state index is -4.38. The molecule has 0 spiro atoms. The molecule has 0 amide bonds. The van der Waals surface area contributed by atoms with Crippen molar-refractivity contribution in [2.24, 2.45) is 0 Å². The highest BCUT2D eigenvalue weighted by atomic mass is 19.4. The Morgan fingerprint density at radius 1 is 1.11 bits per heavy atom. The Balaban J connectivity index is 1.30. The number of rotatable bonds is 8. The number of nitrogens with zero attached hydrogens (tertiary/aromatic N) is 3. The summed E-state index contributed by atoms with van der Waals surface area (Å²) < 4.78 is 46.2. The van der Waals surface area contributed by atoms with Gasteiger partial charge in [-0.05, 0) is 54.1 Å². The number of ether oxygens (including phenoxy) is 1. The summed E-state index contributed by atoms with van der Waals surface area (Å²) in [6.45, 7) is 0.258. The molecular formula is C26H22F3N3O3. The summed E-state index contributed by atoms with van der Waals surface area (Å²) in [4.78, 5) is 20.2. The number of hydrogen-bond donors (Lipinski definition) is 1. The largest absolute Gasteiger partial charge is 0.493 e. The molecule has 6 nitrogen and oxygen atoms in total. The lowest BCUT2D eigenvalue weighted by molar-refractivity contribution is -0.138. The van der Waals surface area contributed by atoms with Gasteiger partial charge in [-0.2, -0.15) is 13.2 Å². The van der Waals surface area contributed by atoms with E-state index in [1.165, 1.54) is 12.1 Å². The number of halogens is 3. The Bertz CT molecular complexity index is 1380. The van der Waals surface area contributed by atoms with Crippen LogP contribution in [0.4, 0.5) is 13.2 Å². The van der Waals surface area contributed by atoms with E-state index in [0.717, 1.165) is 47.1 Å². The molecule has 0 radical (unpaired) electrons. The molecule has 1 aliphatic rings. The smallest absolute Gasteiger partial charge is 0.416 e. The molecule has 1 N–H and O–H groups in total. The minimum absolute atomic E-state index is 0.125. The first kappa shape index (κ1) is 22.9. The van der Waals surface area contributed by atoms with Gasteiger partial charge >= 0.3 is 12.1 Å². The molecule has 9 heteroatoms. The number of carboxylic acid groups (broad SMARTS) is 1. The second-order valence-corrected chi connectivity index (χ2v) is 8.61. The van der Waals surface area contributed by atoms with Crippen molar-refractivity contribution >= 4 is 16.9 Å². The summed E-state index contributed by atoms with van der Waals surface area (Å²) in [6, 6.07) is 12.3. The van der Waals surface area contributed by atoms with Gasteiger partial charge in [0.2, 0.25) is 0 Å². The third-order valence-electron chi connectivity index (χ3n) is 6.02. The van der Waals surface area contributed by atoms with Crippen LogP contribution in [0.1, 0.15) is 35.6 Å². The summed E-state index contributed by atoms with van der Waals surface area (Å²) in [6.07, 6.45) is 1.71. The third kappa shape index (κ3) is 5.13. The summed E-state index contributed by atoms with van der Waals surface area (Å²) in [5, 5.41) is 10.0. The molecule has 0 bridgehead atoms. The molecule has 0 atom stereocenters. The molecule has 5 rings (SSSR count). The van der Waals surface area contributed by atoms with Gasteiger partial charge in [0.25, 0.3) is 0 Å². The molecule has 2 heterocycles. The van der Waals surface area contributed by atoms with E-state index in [-0.39, 0.29) is 6.54 Å². The molecule has 180 valence electrons. The molecule has 2 aromatic carbocycles. The van der Waals surface area contributed by atoms with Crippen LogP contribution in [0, 0.1) is 0 Å². The molecule has 1 aliphatic carbocycles. The maximum absolute atomic E-state index is 12.9. The quantitative estimate of drug-likeness (QED) is 0.349. The van der Waals surface area contributed by atoms with Crippen molar-refractivity contribution in [2.45, 2.75) is 37.9 Å². The van der Waals surface area contributed by atoms with E-state index in [1.807, 2.05) is 24.3 Å². The summed E-state index contributed by atoms with van der Waals surface area (Å²) in [5.41, 5.74) is 2.50. The highest BCUT2D eigenvalue weighted by Gasteiger charge is 2.31. The van der Waals surface area contributed by atoms with Gasteiger partial charge in [0.05, 0.1) is 23.4 Å². The van der Waals surface area contributed by atoms with Gasteiger partial charge in [0, 0.05) is 36.4 Å². The number of benzene rings is 2. The van der Waals surface area contributed by atoms with Gasteiger partial charge in [0.15, 0.2) is 5.82 Å². The van der Waals surface area contributed by atoms with E-state index in [0.29, 0.717) is 36.1 Å². The fraction of sp³-hybridized carbons (Fsp3) is 0.269. The predicted octanol–water partition coefficient (Wildman–Crippen LogP) is 5.70. The number of aromatic nitrogens is 3. The Morgan fingerprint density at radius 2 is 1.89 bits per heavy atom. The number of alkyl halides is 3. The number of fused-ring (bicyclic) bond motifs is 1. The van der Waals surface area contributed by atoms with Crippen LogP contribution in [0.5, 0.6) is 5.75 Å². The standard InChI is InChI=1S/C26H22F3N3O3/c27-26(28,29)20-6-3-18(4-7-20)25-30-14-19(24(31-25)17-1-2-17)10-12-35-21-8-5-16-9-11-32(15-23(33)34)22(16)13-21/h3-9,11,13-14,17H,1-2,10,12,15H2,(H,33,34). The van der Waals surface area contributed by atoms with Crippen LogP contribution >= 0.6 is 0 Å². The Hall–Kier alpha value is -3.88. The zero-order valence-electron chi connectivity index (χ0n) is 18.6. The van der Waals surface area contributed by atoms with Crippen LogP contribution in [0.25, 0.3) is 22.3 Å². The van der Waals surface area contributed by atoms with Crippen molar-refractivity contribution in [3.05, 3.63) is 77.7 Å². The fourth-order valence-corrected chi connectivity index (χ4v) is 4.09. The fourth-order valence-electron chi connectivity index (χ4n) is 4.09. The lowest BCUT2D eigenvalue weighted by Crippen LogP contribution is -2.08. The zero-order valence-corrected chi connectivity index (χ0v) is 18.6. The first-order valence-electron chi connectivity index (χ1n) is 11.2. The third-order valence-corrected chi connectivity index (χ3v) is 6.02. The van der Waals surface area contributed by atoms with E-state index in [1.54, 1.807) is 17.0 Å². The molecule has 35 heavy (non-hydrogen) atoms. The van der Waals surface area contributed by atoms with Gasteiger partial charge in [0.1, 0.15) is 12.3 Å². The van der Waals surface area contributed by atoms with Crippen LogP contribution < -0.4 is 4.74 Å². The van der Waals surface area contributed by atoms with Crippen molar-refractivity contribution in [2.75, 3.05) is 6.61 Å². The second-order valence-electron chi connectivity index (χ2n) is 8.61. The van der Waals surface area contributed by atoms with Crippen LogP contribution in [-0.4, -0.2) is 32.2 Å². The van der Waals surface area contributed by atoms with Gasteiger partial charge in [-0.1, -0.05) is 12.1 Å². The molecule has 1 fully saturated rings. The Labute approximate surface area is 199 Å². The van der Waals surface area contributed by atoms with Gasteiger partial charge < -0.3 is 14.4 Å². The van der Waals surface area contributed by atoms with E-state index < -0.39 is 17.7 Å². The SMILES string of the molecule is O=C(O)Cn1ccc2ccc(OCCc3cnc(-c4ccc(C(F)(F)F)cc4)nc3C3CC3)cc21. The van der Waals surface area contributed by atoms with E-state index in [9.17, 15) is 18.0 Å². The highest BCUT2D eigenvalue weighted by Crippen LogP contribution is 2.41. The van der Waals surface area contributed by atoms with Crippen LogP contribution in [0.15, 0.2) is 60.9 Å². The van der Waals surface area contributed by atoms with Gasteiger partial charge in [-0.25, -0.2) is 9.97 Å². The van der Waals surface area contributed by atoms with Crippen LogP contribution in [0.2, 0.25) is 0 Å². The normalized spacial score (nSPS) is 13.8. The Kier molecular flexibility index (Phi) is 5.92. The minimum Gasteiger partial charge on any atom is -0.493 e. The summed E-state index contributed by atoms with van der Waals surface area (Å²) in [5.74, 6) is 0.464. The van der Waals surface area contributed by atoms with Crippen molar-refractivity contribution < 1.29 is 27.8 Å². The second kappa shape index (κ2) is 9.05. The van der Waals surface area contributed by atoms with Crippen molar-refractivity contribution in [1.29, 1.82) is 0 Å². The first-order chi connectivity index (χ1) is 16.8. The van der Waals surface area contributed by atoms with Gasteiger partial charge in [-0.15, -0.1) is 0 Å². The van der Waals surface area contributed by atoms with E-state index in [2.05, 4.69) is 9.97 Å². The molecule has 2 aromatic heterocycles. The molecule has 0 saturated heterocycles. The van der Waals surface area contributed by atoms with Gasteiger partial charge in [-0.3, -0.25) is 4.79 Å². The zero-order chi connectivity index (χ0) is 24.6. The number of carboxylic acids is 1. The van der Waals surface area contributed by atoms with Crippen molar-refractivity contribution in [3.8, 4) is 17.1 Å². The average molecular weight is 481 g/mol. The topological polar surface area (TPSA) is 77.2 Å². The average Bonchev–Trinajstić information content (AvgIpc) is 3.60. The summed E-state index contributed by atoms with van der Waals surface area (Å²) >= 11 is 0. The number of carbonyl (C=O) groups is 1. The van der Waals surface area contributed by atoms with E-state index >= 15 is 0 Å². The number of hydrogen-bond acceptors (Lipinski definition) is 4. The number of aliphatic carboxylic acids is 1. The first-order valence-corrected chi connectivity index (χ1v) is 11.2. The summed E-state index contributed by atoms with van der Waals surface area (Å²) in [7, 11) is 0. The monoisotopic (exact) mass is 481 g/mol. The maximum atomic E-state index is 12.9. The van der Waals surface area contributed by atoms with Crippen LogP contribution in [-0.2, 0) is 23.9 Å². The maximum Gasteiger partial charge on any atom is 0.416 e. The molecular weight excluding hydrogens is 459 g/mol. The molecule has 0 aliphatic heterocycles. The Morgan fingerprint density at radius 3 is 2.57 bits per heavy atom. The van der Waals surface area contributed by atoms with Crippen molar-refractivity contribution in [1.82, 2.24) is 14.5 Å². The molecule has 1 saturated carbocycles. The van der Waals surface area contributed by atoms with E-state index in [4.69, 9.17) is 9.84 Å². The highest BCUT2D eigenvalue weighted by molar-refractivity contribution is 5.83. The molecule has 4 aromatic rings. The molecule has 0 unspecified atom stereocenters. The van der Waals surface area contributed by atoms with Crippen molar-refractivity contribution in [3.63, 3.8) is 0 Å². The predicted molar refractivity (Wildman–Crippen MR) is 123 cm³/mol.